The average molecular weight is 275 g/mol. The fourth-order valence-electron chi connectivity index (χ4n) is 1.74. The number of nitrogens with zero attached hydrogens (tertiary/aromatic N) is 2. The maximum Gasteiger partial charge on any atom is 0.152 e. The fourth-order valence-corrected chi connectivity index (χ4v) is 3.79. The normalized spacial score (nSPS) is 22.5. The maximum atomic E-state index is 11.3. The lowest BCUT2D eigenvalue weighted by atomic mass is 10.3. The topological polar surface area (TPSA) is 76.3 Å². The van der Waals surface area contributed by atoms with Gasteiger partial charge < -0.3 is 5.73 Å². The molecule has 5 nitrogen and oxygen atoms in total. The summed E-state index contributed by atoms with van der Waals surface area (Å²) in [6.45, 7) is 3.84. The maximum absolute atomic E-state index is 11.3. The predicted molar refractivity (Wildman–Crippen MR) is 68.6 cm³/mol. The molecule has 2 N–H and O–H groups in total. The monoisotopic (exact) mass is 275 g/mol. The lowest BCUT2D eigenvalue weighted by Gasteiger charge is -2.25. The number of nitrogens with two attached hydrogens (primary N) is 1. The van der Waals surface area contributed by atoms with Crippen molar-refractivity contribution in [3.8, 4) is 0 Å². The van der Waals surface area contributed by atoms with Gasteiger partial charge in [-0.25, -0.2) is 13.4 Å². The van der Waals surface area contributed by atoms with Crippen LogP contribution in [0.3, 0.4) is 0 Å². The van der Waals surface area contributed by atoms with Crippen LogP contribution in [0.4, 0.5) is 0 Å². The van der Waals surface area contributed by atoms with Gasteiger partial charge in [-0.1, -0.05) is 0 Å². The Morgan fingerprint density at radius 3 is 2.71 bits per heavy atom. The van der Waals surface area contributed by atoms with Crippen LogP contribution in [0.15, 0.2) is 5.38 Å². The van der Waals surface area contributed by atoms with Crippen LogP contribution < -0.4 is 5.73 Å². The lowest BCUT2D eigenvalue weighted by molar-refractivity contribution is 0.284. The second-order valence-corrected chi connectivity index (χ2v) is 7.59. The number of rotatable bonds is 3. The van der Waals surface area contributed by atoms with Crippen LogP contribution in [0.5, 0.6) is 0 Å². The van der Waals surface area contributed by atoms with Gasteiger partial charge in [0, 0.05) is 25.0 Å². The first-order valence-corrected chi connectivity index (χ1v) is 8.29. The Bertz CT molecular complexity index is 467. The standard InChI is InChI=1S/C10H17N3O2S2/c1-8(11)10-12-9(7-16-10)6-13-2-4-17(14,15)5-3-13/h7-8H,2-6,11H2,1H3. The minimum atomic E-state index is -2.80. The van der Waals surface area contributed by atoms with Gasteiger partial charge in [0.15, 0.2) is 9.84 Å². The molecule has 0 spiro atoms. The van der Waals surface area contributed by atoms with Crippen LogP contribution in [-0.2, 0) is 16.4 Å². The zero-order chi connectivity index (χ0) is 12.5. The molecular formula is C10H17N3O2S2. The minimum Gasteiger partial charge on any atom is -0.322 e. The van der Waals surface area contributed by atoms with Crippen molar-refractivity contribution in [1.82, 2.24) is 9.88 Å². The molecule has 1 unspecified atom stereocenters. The molecule has 1 aliphatic rings. The van der Waals surface area contributed by atoms with E-state index in [2.05, 4.69) is 9.88 Å². The highest BCUT2D eigenvalue weighted by molar-refractivity contribution is 7.91. The molecule has 0 aliphatic carbocycles. The van der Waals surface area contributed by atoms with E-state index in [4.69, 9.17) is 5.73 Å². The Labute approximate surface area is 106 Å². The molecule has 1 aromatic heterocycles. The molecular weight excluding hydrogens is 258 g/mol. The molecule has 2 heterocycles. The van der Waals surface area contributed by atoms with E-state index in [1.165, 1.54) is 0 Å². The first-order valence-electron chi connectivity index (χ1n) is 5.59. The number of thiazole rings is 1. The Morgan fingerprint density at radius 1 is 1.53 bits per heavy atom. The summed E-state index contributed by atoms with van der Waals surface area (Å²) in [5, 5.41) is 2.94. The van der Waals surface area contributed by atoms with Gasteiger partial charge in [0.05, 0.1) is 23.2 Å². The van der Waals surface area contributed by atoms with Gasteiger partial charge in [0.1, 0.15) is 5.01 Å². The van der Waals surface area contributed by atoms with Crippen molar-refractivity contribution in [2.75, 3.05) is 24.6 Å². The molecule has 17 heavy (non-hydrogen) atoms. The zero-order valence-electron chi connectivity index (χ0n) is 9.80. The zero-order valence-corrected chi connectivity index (χ0v) is 11.4. The number of hydrogen-bond acceptors (Lipinski definition) is 6. The molecule has 0 bridgehead atoms. The third kappa shape index (κ3) is 3.48. The molecule has 1 fully saturated rings. The van der Waals surface area contributed by atoms with Crippen molar-refractivity contribution in [2.24, 2.45) is 5.73 Å². The number of sulfone groups is 1. The molecule has 0 amide bonds. The van der Waals surface area contributed by atoms with Crippen molar-refractivity contribution in [3.05, 3.63) is 16.1 Å². The Hall–Kier alpha value is -0.500. The largest absolute Gasteiger partial charge is 0.322 e. The summed E-state index contributed by atoms with van der Waals surface area (Å²) in [6.07, 6.45) is 0. The molecule has 1 atom stereocenters. The van der Waals surface area contributed by atoms with Crippen LogP contribution >= 0.6 is 11.3 Å². The highest BCUT2D eigenvalue weighted by Gasteiger charge is 2.22. The van der Waals surface area contributed by atoms with E-state index >= 15 is 0 Å². The van der Waals surface area contributed by atoms with Gasteiger partial charge in [-0.05, 0) is 6.92 Å². The summed E-state index contributed by atoms with van der Waals surface area (Å²) in [6, 6.07) is -0.0320. The van der Waals surface area contributed by atoms with Gasteiger partial charge >= 0.3 is 0 Å². The average Bonchev–Trinajstić information content (AvgIpc) is 2.70. The van der Waals surface area contributed by atoms with E-state index in [0.29, 0.717) is 13.1 Å². The summed E-state index contributed by atoms with van der Waals surface area (Å²) in [5.41, 5.74) is 6.74. The third-order valence-electron chi connectivity index (χ3n) is 2.78. The Balaban J connectivity index is 1.93. The van der Waals surface area contributed by atoms with Crippen molar-refractivity contribution in [3.63, 3.8) is 0 Å². The molecule has 7 heteroatoms. The highest BCUT2D eigenvalue weighted by atomic mass is 32.2. The number of hydrogen-bond donors (Lipinski definition) is 1. The third-order valence-corrected chi connectivity index (χ3v) is 5.49. The first kappa shape index (κ1) is 12.9. The van der Waals surface area contributed by atoms with Crippen molar-refractivity contribution in [2.45, 2.75) is 19.5 Å². The quantitative estimate of drug-likeness (QED) is 0.864. The van der Waals surface area contributed by atoms with Crippen LogP contribution in [0.2, 0.25) is 0 Å². The van der Waals surface area contributed by atoms with Crippen LogP contribution in [0.25, 0.3) is 0 Å². The van der Waals surface area contributed by atoms with E-state index in [0.717, 1.165) is 17.2 Å². The second kappa shape index (κ2) is 5.01. The van der Waals surface area contributed by atoms with E-state index in [9.17, 15) is 8.42 Å². The van der Waals surface area contributed by atoms with Crippen LogP contribution in [0.1, 0.15) is 23.7 Å². The number of aromatic nitrogens is 1. The highest BCUT2D eigenvalue weighted by Crippen LogP contribution is 2.17. The molecule has 0 radical (unpaired) electrons. The second-order valence-electron chi connectivity index (χ2n) is 4.39. The molecule has 0 aromatic carbocycles. The van der Waals surface area contributed by atoms with Gasteiger partial charge in [0.2, 0.25) is 0 Å². The van der Waals surface area contributed by atoms with E-state index in [1.54, 1.807) is 11.3 Å². The summed E-state index contributed by atoms with van der Waals surface area (Å²) >= 11 is 1.56. The molecule has 2 rings (SSSR count). The van der Waals surface area contributed by atoms with Gasteiger partial charge in [-0.3, -0.25) is 4.90 Å². The fraction of sp³-hybridized carbons (Fsp3) is 0.700. The van der Waals surface area contributed by atoms with Gasteiger partial charge in [-0.15, -0.1) is 11.3 Å². The van der Waals surface area contributed by atoms with E-state index in [-0.39, 0.29) is 17.5 Å². The molecule has 1 aromatic rings. The molecule has 0 saturated carbocycles. The SMILES string of the molecule is CC(N)c1nc(CN2CCS(=O)(=O)CC2)cs1. The summed E-state index contributed by atoms with van der Waals surface area (Å²) in [4.78, 5) is 6.57. The van der Waals surface area contributed by atoms with Gasteiger partial charge in [-0.2, -0.15) is 0 Å². The van der Waals surface area contributed by atoms with Crippen molar-refractivity contribution >= 4 is 21.2 Å². The van der Waals surface area contributed by atoms with E-state index < -0.39 is 9.84 Å². The molecule has 1 saturated heterocycles. The predicted octanol–water partition coefficient (Wildman–Crippen LogP) is 0.393. The van der Waals surface area contributed by atoms with E-state index in [1.807, 2.05) is 12.3 Å². The van der Waals surface area contributed by atoms with Gasteiger partial charge in [0.25, 0.3) is 0 Å². The lowest BCUT2D eigenvalue weighted by Crippen LogP contribution is -2.39. The smallest absolute Gasteiger partial charge is 0.152 e. The van der Waals surface area contributed by atoms with Crippen molar-refractivity contribution in [1.29, 1.82) is 0 Å². The first-order chi connectivity index (χ1) is 7.96. The van der Waals surface area contributed by atoms with Crippen LogP contribution in [-0.4, -0.2) is 42.9 Å². The molecule has 1 aliphatic heterocycles. The molecule has 96 valence electrons. The Morgan fingerprint density at radius 2 is 2.18 bits per heavy atom. The summed E-state index contributed by atoms with van der Waals surface area (Å²) < 4.78 is 22.6. The Kier molecular flexibility index (Phi) is 3.82. The van der Waals surface area contributed by atoms with Crippen LogP contribution in [0, 0.1) is 0 Å². The van der Waals surface area contributed by atoms with Crippen molar-refractivity contribution < 1.29 is 8.42 Å². The summed E-state index contributed by atoms with van der Waals surface area (Å²) in [7, 11) is -2.80. The minimum absolute atomic E-state index is 0.0320. The summed E-state index contributed by atoms with van der Waals surface area (Å²) in [5.74, 6) is 0.522.